The average molecular weight is 570 g/mol. The third kappa shape index (κ3) is 7.37. The smallest absolute Gasteiger partial charge is 0.280 e. The van der Waals surface area contributed by atoms with E-state index in [4.69, 9.17) is 9.72 Å². The molecule has 2 fully saturated rings. The molecule has 1 saturated carbocycles. The maximum atomic E-state index is 14.2. The minimum absolute atomic E-state index is 0.00985. The highest BCUT2D eigenvalue weighted by Crippen LogP contribution is 2.38. The van der Waals surface area contributed by atoms with Crippen molar-refractivity contribution >= 4 is 27.3 Å². The number of benzene rings is 1. The summed E-state index contributed by atoms with van der Waals surface area (Å²) in [6.07, 6.45) is 4.75. The van der Waals surface area contributed by atoms with Crippen LogP contribution in [0.25, 0.3) is 10.4 Å². The zero-order chi connectivity index (χ0) is 27.5. The third-order valence-electron chi connectivity index (χ3n) is 6.89. The summed E-state index contributed by atoms with van der Waals surface area (Å²) in [4.78, 5) is 18.0. The second kappa shape index (κ2) is 12.1. The van der Waals surface area contributed by atoms with Crippen molar-refractivity contribution in [1.29, 1.82) is 0 Å². The summed E-state index contributed by atoms with van der Waals surface area (Å²) in [6, 6.07) is 4.02. The Morgan fingerprint density at radius 1 is 1.13 bits per heavy atom. The SMILES string of the molecule is CC(C)(C)NS(=O)(=O)c1ccc(-c2sc(C(=O)NC3CCOCC3)nc2CC2CCCCC2)cc1C(F)F. The Balaban J connectivity index is 1.70. The lowest BCUT2D eigenvalue weighted by molar-refractivity contribution is 0.0696. The van der Waals surface area contributed by atoms with E-state index in [0.29, 0.717) is 46.7 Å². The Morgan fingerprint density at radius 2 is 1.82 bits per heavy atom. The third-order valence-corrected chi connectivity index (χ3v) is 9.87. The molecule has 0 radical (unpaired) electrons. The maximum Gasteiger partial charge on any atom is 0.280 e. The molecule has 210 valence electrons. The number of carbonyl (C=O) groups excluding carboxylic acids is 1. The number of thiazole rings is 1. The van der Waals surface area contributed by atoms with E-state index in [2.05, 4.69) is 10.0 Å². The molecule has 0 unspecified atom stereocenters. The number of amides is 1. The van der Waals surface area contributed by atoms with Gasteiger partial charge in [-0.3, -0.25) is 4.79 Å². The number of sulfonamides is 1. The highest BCUT2D eigenvalue weighted by Gasteiger charge is 2.29. The van der Waals surface area contributed by atoms with Gasteiger partial charge in [-0.15, -0.1) is 11.3 Å². The number of nitrogens with zero attached hydrogens (tertiary/aromatic N) is 1. The summed E-state index contributed by atoms with van der Waals surface area (Å²) >= 11 is 1.18. The molecule has 1 aromatic heterocycles. The minimum atomic E-state index is -4.17. The number of halogens is 2. The van der Waals surface area contributed by atoms with Crippen LogP contribution in [0.1, 0.15) is 93.2 Å². The van der Waals surface area contributed by atoms with Crippen molar-refractivity contribution in [1.82, 2.24) is 15.0 Å². The zero-order valence-electron chi connectivity index (χ0n) is 22.2. The highest BCUT2D eigenvalue weighted by molar-refractivity contribution is 7.89. The fraction of sp³-hybridized carbons (Fsp3) is 0.630. The van der Waals surface area contributed by atoms with Gasteiger partial charge in [0.25, 0.3) is 12.3 Å². The number of carbonyl (C=O) groups is 1. The van der Waals surface area contributed by atoms with Crippen LogP contribution >= 0.6 is 11.3 Å². The second-order valence-corrected chi connectivity index (χ2v) is 13.9. The van der Waals surface area contributed by atoms with Crippen LogP contribution < -0.4 is 10.0 Å². The lowest BCUT2D eigenvalue weighted by Crippen LogP contribution is -2.40. The maximum absolute atomic E-state index is 14.2. The van der Waals surface area contributed by atoms with Gasteiger partial charge >= 0.3 is 0 Å². The fourth-order valence-electron chi connectivity index (χ4n) is 5.13. The van der Waals surface area contributed by atoms with Gasteiger partial charge in [-0.25, -0.2) is 26.9 Å². The van der Waals surface area contributed by atoms with Gasteiger partial charge < -0.3 is 10.1 Å². The normalized spacial score (nSPS) is 18.2. The number of rotatable bonds is 8. The Labute approximate surface area is 227 Å². The van der Waals surface area contributed by atoms with Gasteiger partial charge in [0.05, 0.1) is 15.5 Å². The van der Waals surface area contributed by atoms with Crippen LogP contribution in [-0.2, 0) is 21.2 Å². The van der Waals surface area contributed by atoms with Crippen molar-refractivity contribution in [3.05, 3.63) is 34.5 Å². The van der Waals surface area contributed by atoms with Gasteiger partial charge in [0.1, 0.15) is 0 Å². The van der Waals surface area contributed by atoms with Gasteiger partial charge in [0.15, 0.2) is 5.01 Å². The fourth-order valence-corrected chi connectivity index (χ4v) is 7.74. The van der Waals surface area contributed by atoms with E-state index in [0.717, 1.165) is 38.5 Å². The summed E-state index contributed by atoms with van der Waals surface area (Å²) < 4.78 is 62.0. The molecule has 1 amide bonds. The molecule has 0 atom stereocenters. The number of hydrogen-bond acceptors (Lipinski definition) is 6. The Bertz CT molecular complexity index is 1230. The molecule has 38 heavy (non-hydrogen) atoms. The Kier molecular flexibility index (Phi) is 9.22. The van der Waals surface area contributed by atoms with Gasteiger partial charge in [0, 0.05) is 30.4 Å². The first-order chi connectivity index (χ1) is 17.9. The predicted molar refractivity (Wildman–Crippen MR) is 144 cm³/mol. The van der Waals surface area contributed by atoms with E-state index >= 15 is 0 Å². The van der Waals surface area contributed by atoms with Crippen molar-refractivity contribution in [2.75, 3.05) is 13.2 Å². The number of alkyl halides is 2. The van der Waals surface area contributed by atoms with E-state index in [1.54, 1.807) is 26.8 Å². The van der Waals surface area contributed by atoms with Crippen LogP contribution in [0.15, 0.2) is 23.1 Å². The van der Waals surface area contributed by atoms with E-state index in [-0.39, 0.29) is 11.9 Å². The van der Waals surface area contributed by atoms with Crippen molar-refractivity contribution < 1.29 is 26.7 Å². The number of aromatic nitrogens is 1. The first-order valence-corrected chi connectivity index (χ1v) is 15.6. The molecule has 4 rings (SSSR count). The molecule has 1 aromatic carbocycles. The molecule has 7 nitrogen and oxygen atoms in total. The molecule has 1 saturated heterocycles. The van der Waals surface area contributed by atoms with Gasteiger partial charge in [0.2, 0.25) is 10.0 Å². The summed E-state index contributed by atoms with van der Waals surface area (Å²) in [5, 5.41) is 3.33. The van der Waals surface area contributed by atoms with Crippen molar-refractivity contribution in [2.24, 2.45) is 5.92 Å². The summed E-state index contributed by atoms with van der Waals surface area (Å²) in [5.41, 5.74) is -0.232. The van der Waals surface area contributed by atoms with Gasteiger partial charge in [-0.1, -0.05) is 38.2 Å². The predicted octanol–water partition coefficient (Wildman–Crippen LogP) is 5.86. The van der Waals surface area contributed by atoms with Crippen LogP contribution in [0.3, 0.4) is 0 Å². The first-order valence-electron chi connectivity index (χ1n) is 13.3. The van der Waals surface area contributed by atoms with E-state index in [1.807, 2.05) is 0 Å². The summed E-state index contributed by atoms with van der Waals surface area (Å²) in [5.74, 6) is 0.141. The molecular weight excluding hydrogens is 532 g/mol. The quantitative estimate of drug-likeness (QED) is 0.415. The molecular formula is C27H37F2N3O4S2. The number of hydrogen-bond donors (Lipinski definition) is 2. The molecule has 11 heteroatoms. The Morgan fingerprint density at radius 3 is 2.45 bits per heavy atom. The topological polar surface area (TPSA) is 97.4 Å². The van der Waals surface area contributed by atoms with Crippen LogP contribution in [-0.4, -0.2) is 44.1 Å². The number of ether oxygens (including phenoxy) is 1. The molecule has 1 aliphatic carbocycles. The molecule has 2 N–H and O–H groups in total. The standard InChI is InChI=1S/C27H37F2N3O4S2/c1-27(2,3)32-38(34,35)22-10-9-18(16-20(22)24(28)29)23-21(15-17-7-5-4-6-8-17)31-26(37-23)25(33)30-19-11-13-36-14-12-19/h9-10,16-17,19,24,32H,4-8,11-15H2,1-3H3,(H,30,33). The molecule has 0 bridgehead atoms. The zero-order valence-corrected chi connectivity index (χ0v) is 23.8. The second-order valence-electron chi connectivity index (χ2n) is 11.3. The molecule has 2 aliphatic rings. The lowest BCUT2D eigenvalue weighted by atomic mass is 9.85. The van der Waals surface area contributed by atoms with Crippen LogP contribution in [0.2, 0.25) is 0 Å². The largest absolute Gasteiger partial charge is 0.381 e. The molecule has 2 aromatic rings. The van der Waals surface area contributed by atoms with E-state index in [9.17, 15) is 22.0 Å². The first kappa shape index (κ1) is 29.0. The summed E-state index contributed by atoms with van der Waals surface area (Å²) in [6.45, 7) is 6.15. The van der Waals surface area contributed by atoms with Crippen molar-refractivity contribution in [2.45, 2.75) is 95.0 Å². The van der Waals surface area contributed by atoms with Gasteiger partial charge in [-0.05, 0) is 63.6 Å². The monoisotopic (exact) mass is 569 g/mol. The van der Waals surface area contributed by atoms with E-state index < -0.39 is 32.4 Å². The van der Waals surface area contributed by atoms with Crippen LogP contribution in [0.5, 0.6) is 0 Å². The van der Waals surface area contributed by atoms with Crippen molar-refractivity contribution in [3.8, 4) is 10.4 Å². The lowest BCUT2D eigenvalue weighted by Gasteiger charge is -2.22. The van der Waals surface area contributed by atoms with Crippen LogP contribution in [0.4, 0.5) is 8.78 Å². The average Bonchev–Trinajstić information content (AvgIpc) is 3.27. The van der Waals surface area contributed by atoms with Crippen molar-refractivity contribution in [3.63, 3.8) is 0 Å². The number of nitrogens with one attached hydrogen (secondary N) is 2. The van der Waals surface area contributed by atoms with Gasteiger partial charge in [-0.2, -0.15) is 0 Å². The molecule has 1 aliphatic heterocycles. The molecule has 2 heterocycles. The molecule has 0 spiro atoms. The van der Waals surface area contributed by atoms with Crippen LogP contribution in [0, 0.1) is 5.92 Å². The van der Waals surface area contributed by atoms with E-state index in [1.165, 1.54) is 29.9 Å². The Hall–Kier alpha value is -1.95. The minimum Gasteiger partial charge on any atom is -0.381 e. The summed E-state index contributed by atoms with van der Waals surface area (Å²) in [7, 11) is -4.17. The highest BCUT2D eigenvalue weighted by atomic mass is 32.2.